The summed E-state index contributed by atoms with van der Waals surface area (Å²) in [6.45, 7) is 3.72. The van der Waals surface area contributed by atoms with Gasteiger partial charge in [0.1, 0.15) is 17.2 Å². The Bertz CT molecular complexity index is 1120. The van der Waals surface area contributed by atoms with E-state index in [1.54, 1.807) is 24.3 Å². The third-order valence-corrected chi connectivity index (χ3v) is 5.08. The number of nitriles is 1. The van der Waals surface area contributed by atoms with Crippen LogP contribution < -0.4 is 5.32 Å². The number of nitrogens with one attached hydrogen (secondary N) is 1. The highest BCUT2D eigenvalue weighted by Crippen LogP contribution is 2.36. The summed E-state index contributed by atoms with van der Waals surface area (Å²) in [5.74, 6) is -0.815. The number of benzene rings is 2. The van der Waals surface area contributed by atoms with Crippen molar-refractivity contribution < 1.29 is 14.3 Å². The second-order valence-corrected chi connectivity index (χ2v) is 7.69. The summed E-state index contributed by atoms with van der Waals surface area (Å²) in [5.41, 5.74) is 4.07. The molecule has 0 atom stereocenters. The predicted octanol–water partition coefficient (Wildman–Crippen LogP) is 5.55. The standard InChI is InChI=1S/C24H20N2O3S/c1-16(2)12-21(27)26-23-22(20(15-30-23)19-6-4-3-5-7-19)24(28)29-14-18-10-8-17(13-25)9-11-18/h3-12,15H,14H2,1-2H3,(H,26,27). The molecule has 30 heavy (non-hydrogen) atoms. The number of carbonyl (C=O) groups excluding carboxylic acids is 2. The van der Waals surface area contributed by atoms with E-state index in [2.05, 4.69) is 11.4 Å². The first kappa shape index (κ1) is 21.0. The van der Waals surface area contributed by atoms with Crippen molar-refractivity contribution >= 4 is 28.2 Å². The van der Waals surface area contributed by atoms with E-state index in [0.717, 1.165) is 16.7 Å². The Balaban J connectivity index is 1.88. The lowest BCUT2D eigenvalue weighted by atomic mass is 10.0. The zero-order chi connectivity index (χ0) is 21.5. The summed E-state index contributed by atoms with van der Waals surface area (Å²) in [5, 5.41) is 14.0. The van der Waals surface area contributed by atoms with Crippen LogP contribution in [0.2, 0.25) is 0 Å². The first-order valence-corrected chi connectivity index (χ1v) is 10.1. The van der Waals surface area contributed by atoms with Crippen LogP contribution in [-0.2, 0) is 16.1 Å². The second kappa shape index (κ2) is 9.68. The Hall–Kier alpha value is -3.69. The maximum atomic E-state index is 13.0. The summed E-state index contributed by atoms with van der Waals surface area (Å²) in [6, 6.07) is 18.4. The van der Waals surface area contributed by atoms with Gasteiger partial charge in [-0.15, -0.1) is 11.3 Å². The van der Waals surface area contributed by atoms with Crippen molar-refractivity contribution in [3.05, 3.63) is 88.3 Å². The van der Waals surface area contributed by atoms with Crippen LogP contribution in [-0.4, -0.2) is 11.9 Å². The monoisotopic (exact) mass is 416 g/mol. The van der Waals surface area contributed by atoms with Gasteiger partial charge in [-0.1, -0.05) is 48.0 Å². The first-order valence-electron chi connectivity index (χ1n) is 9.27. The topological polar surface area (TPSA) is 79.2 Å². The maximum Gasteiger partial charge on any atom is 0.342 e. The lowest BCUT2D eigenvalue weighted by Crippen LogP contribution is -2.13. The van der Waals surface area contributed by atoms with Crippen LogP contribution in [0.3, 0.4) is 0 Å². The summed E-state index contributed by atoms with van der Waals surface area (Å²) in [7, 11) is 0. The third kappa shape index (κ3) is 5.22. The average Bonchev–Trinajstić information content (AvgIpc) is 3.15. The van der Waals surface area contributed by atoms with E-state index >= 15 is 0 Å². The van der Waals surface area contributed by atoms with Gasteiger partial charge in [-0.2, -0.15) is 5.26 Å². The number of carbonyl (C=O) groups is 2. The molecule has 0 aliphatic rings. The molecule has 1 heterocycles. The molecule has 0 unspecified atom stereocenters. The number of allylic oxidation sites excluding steroid dienone is 1. The number of esters is 1. The molecule has 0 aliphatic carbocycles. The Morgan fingerprint density at radius 1 is 1.10 bits per heavy atom. The van der Waals surface area contributed by atoms with Crippen LogP contribution in [0.4, 0.5) is 5.00 Å². The van der Waals surface area contributed by atoms with E-state index in [1.165, 1.54) is 17.4 Å². The summed E-state index contributed by atoms with van der Waals surface area (Å²) in [6.07, 6.45) is 1.48. The molecule has 3 rings (SSSR count). The molecule has 150 valence electrons. The Morgan fingerprint density at radius 3 is 2.43 bits per heavy atom. The largest absolute Gasteiger partial charge is 0.457 e. The molecular weight excluding hydrogens is 396 g/mol. The van der Waals surface area contributed by atoms with Gasteiger partial charge in [0.25, 0.3) is 0 Å². The predicted molar refractivity (Wildman–Crippen MR) is 118 cm³/mol. The fraction of sp³-hybridized carbons (Fsp3) is 0.125. The summed E-state index contributed by atoms with van der Waals surface area (Å²) in [4.78, 5) is 25.2. The molecule has 1 aromatic heterocycles. The van der Waals surface area contributed by atoms with Gasteiger partial charge in [-0.25, -0.2) is 4.79 Å². The molecule has 6 heteroatoms. The molecule has 3 aromatic rings. The van der Waals surface area contributed by atoms with E-state index in [-0.39, 0.29) is 12.5 Å². The first-order chi connectivity index (χ1) is 14.5. The highest BCUT2D eigenvalue weighted by atomic mass is 32.1. The maximum absolute atomic E-state index is 13.0. The lowest BCUT2D eigenvalue weighted by molar-refractivity contribution is -0.111. The van der Waals surface area contributed by atoms with Crippen molar-refractivity contribution in [1.82, 2.24) is 0 Å². The van der Waals surface area contributed by atoms with Crippen molar-refractivity contribution in [1.29, 1.82) is 5.26 Å². The third-order valence-electron chi connectivity index (χ3n) is 4.19. The van der Waals surface area contributed by atoms with Crippen LogP contribution >= 0.6 is 11.3 Å². The van der Waals surface area contributed by atoms with Crippen LogP contribution in [0.25, 0.3) is 11.1 Å². The Morgan fingerprint density at radius 2 is 1.80 bits per heavy atom. The Kier molecular flexibility index (Phi) is 6.79. The van der Waals surface area contributed by atoms with Crippen molar-refractivity contribution in [2.75, 3.05) is 5.32 Å². The molecule has 0 saturated heterocycles. The zero-order valence-corrected chi connectivity index (χ0v) is 17.5. The van der Waals surface area contributed by atoms with Gasteiger partial charge in [0.05, 0.1) is 11.6 Å². The summed E-state index contributed by atoms with van der Waals surface area (Å²) >= 11 is 1.28. The molecule has 0 saturated carbocycles. The van der Waals surface area contributed by atoms with Gasteiger partial charge >= 0.3 is 5.97 Å². The van der Waals surface area contributed by atoms with E-state index in [1.807, 2.05) is 49.6 Å². The molecule has 0 spiro atoms. The fourth-order valence-electron chi connectivity index (χ4n) is 2.79. The number of anilines is 1. The molecule has 1 amide bonds. The van der Waals surface area contributed by atoms with Crippen molar-refractivity contribution in [3.63, 3.8) is 0 Å². The smallest absolute Gasteiger partial charge is 0.342 e. The number of rotatable bonds is 6. The van der Waals surface area contributed by atoms with Crippen molar-refractivity contribution in [2.45, 2.75) is 20.5 Å². The van der Waals surface area contributed by atoms with E-state index in [4.69, 9.17) is 10.00 Å². The average molecular weight is 417 g/mol. The van der Waals surface area contributed by atoms with Gasteiger partial charge in [0.2, 0.25) is 5.91 Å². The van der Waals surface area contributed by atoms with Crippen LogP contribution in [0.1, 0.15) is 35.3 Å². The summed E-state index contributed by atoms with van der Waals surface area (Å²) < 4.78 is 5.53. The van der Waals surface area contributed by atoms with Crippen LogP contribution in [0, 0.1) is 11.3 Å². The van der Waals surface area contributed by atoms with Crippen LogP contribution in [0.5, 0.6) is 0 Å². The zero-order valence-electron chi connectivity index (χ0n) is 16.6. The highest BCUT2D eigenvalue weighted by Gasteiger charge is 2.22. The van der Waals surface area contributed by atoms with E-state index < -0.39 is 5.97 Å². The number of amides is 1. The molecule has 0 fully saturated rings. The molecule has 0 bridgehead atoms. The normalized spacial score (nSPS) is 10.0. The fourth-order valence-corrected chi connectivity index (χ4v) is 3.75. The molecule has 1 N–H and O–H groups in total. The molecular formula is C24H20N2O3S. The molecule has 0 aliphatic heterocycles. The van der Waals surface area contributed by atoms with Gasteiger partial charge in [0, 0.05) is 17.0 Å². The van der Waals surface area contributed by atoms with Crippen molar-refractivity contribution in [2.24, 2.45) is 0 Å². The number of thiophene rings is 1. The minimum absolute atomic E-state index is 0.0655. The highest BCUT2D eigenvalue weighted by molar-refractivity contribution is 7.15. The SMILES string of the molecule is CC(C)=CC(=O)Nc1scc(-c2ccccc2)c1C(=O)OCc1ccc(C#N)cc1. The number of hydrogen-bond acceptors (Lipinski definition) is 5. The van der Waals surface area contributed by atoms with Gasteiger partial charge in [-0.05, 0) is 37.1 Å². The van der Waals surface area contributed by atoms with Crippen molar-refractivity contribution in [3.8, 4) is 17.2 Å². The number of ether oxygens (including phenoxy) is 1. The minimum Gasteiger partial charge on any atom is -0.457 e. The van der Waals surface area contributed by atoms with Gasteiger partial charge in [-0.3, -0.25) is 4.79 Å². The molecule has 2 aromatic carbocycles. The molecule has 0 radical (unpaired) electrons. The lowest BCUT2D eigenvalue weighted by Gasteiger charge is -2.09. The minimum atomic E-state index is -0.521. The van der Waals surface area contributed by atoms with Gasteiger partial charge < -0.3 is 10.1 Å². The Labute approximate surface area is 179 Å². The molecule has 5 nitrogen and oxygen atoms in total. The second-order valence-electron chi connectivity index (χ2n) is 6.82. The van der Waals surface area contributed by atoms with E-state index in [9.17, 15) is 9.59 Å². The van der Waals surface area contributed by atoms with E-state index in [0.29, 0.717) is 21.7 Å². The quantitative estimate of drug-likeness (QED) is 0.422. The number of nitrogens with zero attached hydrogens (tertiary/aromatic N) is 1. The van der Waals surface area contributed by atoms with Gasteiger partial charge in [0.15, 0.2) is 0 Å². The van der Waals surface area contributed by atoms with Crippen LogP contribution in [0.15, 0.2) is 71.6 Å². The number of hydrogen-bond donors (Lipinski definition) is 1.